The SMILES string of the molecule is COc1ccc(C)cc1NC(=O)[C@@H]1CCCN1C(=O)C(F)F. The lowest BCUT2D eigenvalue weighted by Gasteiger charge is -2.24. The Balaban J connectivity index is 2.15. The summed E-state index contributed by atoms with van der Waals surface area (Å²) in [6.45, 7) is 2.03. The number of carbonyl (C=O) groups is 2. The fourth-order valence-corrected chi connectivity index (χ4v) is 2.56. The van der Waals surface area contributed by atoms with Crippen LogP contribution in [0.1, 0.15) is 18.4 Å². The van der Waals surface area contributed by atoms with Crippen molar-refractivity contribution in [1.82, 2.24) is 4.90 Å². The van der Waals surface area contributed by atoms with Gasteiger partial charge in [-0.05, 0) is 37.5 Å². The van der Waals surface area contributed by atoms with Crippen molar-refractivity contribution in [2.45, 2.75) is 32.2 Å². The molecule has 1 fully saturated rings. The molecule has 0 aromatic heterocycles. The lowest BCUT2D eigenvalue weighted by molar-refractivity contribution is -0.146. The van der Waals surface area contributed by atoms with Gasteiger partial charge >= 0.3 is 6.43 Å². The minimum atomic E-state index is -3.10. The fourth-order valence-electron chi connectivity index (χ4n) is 2.56. The molecule has 2 amide bonds. The smallest absolute Gasteiger partial charge is 0.315 e. The Kier molecular flexibility index (Phi) is 4.95. The fraction of sp³-hybridized carbons (Fsp3) is 0.467. The number of carbonyl (C=O) groups excluding carboxylic acids is 2. The number of halogens is 2. The van der Waals surface area contributed by atoms with Crippen LogP contribution in [0.4, 0.5) is 14.5 Å². The zero-order valence-corrected chi connectivity index (χ0v) is 12.4. The second kappa shape index (κ2) is 6.72. The molecule has 0 radical (unpaired) electrons. The second-order valence-electron chi connectivity index (χ2n) is 5.18. The number of likely N-dealkylation sites (tertiary alicyclic amines) is 1. The van der Waals surface area contributed by atoms with Gasteiger partial charge in [-0.2, -0.15) is 8.78 Å². The molecular formula is C15H18F2N2O3. The lowest BCUT2D eigenvalue weighted by atomic mass is 10.1. The van der Waals surface area contributed by atoms with Crippen LogP contribution < -0.4 is 10.1 Å². The van der Waals surface area contributed by atoms with Gasteiger partial charge in [0.05, 0.1) is 12.8 Å². The maximum absolute atomic E-state index is 12.6. The van der Waals surface area contributed by atoms with Crippen molar-refractivity contribution >= 4 is 17.5 Å². The molecule has 0 spiro atoms. The summed E-state index contributed by atoms with van der Waals surface area (Å²) in [6, 6.07) is 4.40. The Morgan fingerprint density at radius 3 is 2.77 bits per heavy atom. The van der Waals surface area contributed by atoms with Crippen LogP contribution >= 0.6 is 0 Å². The van der Waals surface area contributed by atoms with Gasteiger partial charge in [-0.15, -0.1) is 0 Å². The number of anilines is 1. The molecule has 2 rings (SSSR count). The molecule has 1 saturated heterocycles. The van der Waals surface area contributed by atoms with Gasteiger partial charge in [-0.3, -0.25) is 9.59 Å². The highest BCUT2D eigenvalue weighted by Gasteiger charge is 2.37. The van der Waals surface area contributed by atoms with E-state index in [2.05, 4.69) is 5.32 Å². The third-order valence-electron chi connectivity index (χ3n) is 3.64. The predicted octanol–water partition coefficient (Wildman–Crippen LogP) is 2.20. The first-order valence-electron chi connectivity index (χ1n) is 6.98. The number of benzene rings is 1. The number of alkyl halides is 2. The Labute approximate surface area is 127 Å². The summed E-state index contributed by atoms with van der Waals surface area (Å²) >= 11 is 0. The summed E-state index contributed by atoms with van der Waals surface area (Å²) in [5.74, 6) is -1.30. The maximum Gasteiger partial charge on any atom is 0.315 e. The van der Waals surface area contributed by atoms with Gasteiger partial charge in [-0.1, -0.05) is 6.07 Å². The molecule has 0 saturated carbocycles. The Hall–Kier alpha value is -2.18. The molecular weight excluding hydrogens is 294 g/mol. The molecule has 1 aliphatic rings. The van der Waals surface area contributed by atoms with E-state index >= 15 is 0 Å². The Morgan fingerprint density at radius 2 is 2.14 bits per heavy atom. The molecule has 120 valence electrons. The molecule has 1 heterocycles. The van der Waals surface area contributed by atoms with Gasteiger partial charge in [-0.25, -0.2) is 0 Å². The number of methoxy groups -OCH3 is 1. The van der Waals surface area contributed by atoms with E-state index in [0.29, 0.717) is 24.3 Å². The first-order valence-corrected chi connectivity index (χ1v) is 6.98. The van der Waals surface area contributed by atoms with Gasteiger partial charge in [0.2, 0.25) is 5.91 Å². The monoisotopic (exact) mass is 312 g/mol. The molecule has 7 heteroatoms. The van der Waals surface area contributed by atoms with Gasteiger partial charge in [0.1, 0.15) is 11.8 Å². The van der Waals surface area contributed by atoms with Gasteiger partial charge < -0.3 is 15.0 Å². The van der Waals surface area contributed by atoms with Crippen LogP contribution in [0.3, 0.4) is 0 Å². The normalized spacial score (nSPS) is 17.7. The van der Waals surface area contributed by atoms with Crippen molar-refractivity contribution in [2.75, 3.05) is 19.0 Å². The topological polar surface area (TPSA) is 58.6 Å². The van der Waals surface area contributed by atoms with Crippen molar-refractivity contribution in [3.8, 4) is 5.75 Å². The standard InChI is InChI=1S/C15H18F2N2O3/c1-9-5-6-12(22-2)10(8-9)18-14(20)11-4-3-7-19(11)15(21)13(16)17/h5-6,8,11,13H,3-4,7H2,1-2H3,(H,18,20)/t11-/m0/s1. The minimum Gasteiger partial charge on any atom is -0.495 e. The average Bonchev–Trinajstić information content (AvgIpc) is 2.96. The third-order valence-corrected chi connectivity index (χ3v) is 3.64. The van der Waals surface area contributed by atoms with Crippen LogP contribution in [0, 0.1) is 6.92 Å². The van der Waals surface area contributed by atoms with Crippen LogP contribution in [-0.2, 0) is 9.59 Å². The minimum absolute atomic E-state index is 0.173. The molecule has 1 aromatic carbocycles. The highest BCUT2D eigenvalue weighted by Crippen LogP contribution is 2.27. The quantitative estimate of drug-likeness (QED) is 0.927. The first-order chi connectivity index (χ1) is 10.4. The van der Waals surface area contributed by atoms with E-state index in [-0.39, 0.29) is 6.54 Å². The molecule has 0 aliphatic carbocycles. The number of hydrogen-bond acceptors (Lipinski definition) is 3. The van der Waals surface area contributed by atoms with Crippen LogP contribution in [0.15, 0.2) is 18.2 Å². The number of aryl methyl sites for hydroxylation is 1. The molecule has 1 N–H and O–H groups in total. The summed E-state index contributed by atoms with van der Waals surface area (Å²) in [7, 11) is 1.47. The van der Waals surface area contributed by atoms with E-state index in [1.165, 1.54) is 7.11 Å². The van der Waals surface area contributed by atoms with Gasteiger partial charge in [0.25, 0.3) is 5.91 Å². The van der Waals surface area contributed by atoms with Crippen LogP contribution in [0.5, 0.6) is 5.75 Å². The van der Waals surface area contributed by atoms with Gasteiger partial charge in [0, 0.05) is 6.54 Å². The molecule has 0 unspecified atom stereocenters. The highest BCUT2D eigenvalue weighted by molar-refractivity contribution is 5.98. The summed E-state index contributed by atoms with van der Waals surface area (Å²) in [5, 5.41) is 2.67. The van der Waals surface area contributed by atoms with Crippen molar-refractivity contribution in [1.29, 1.82) is 0 Å². The van der Waals surface area contributed by atoms with E-state index in [9.17, 15) is 18.4 Å². The number of hydrogen-bond donors (Lipinski definition) is 1. The number of nitrogens with one attached hydrogen (secondary N) is 1. The maximum atomic E-state index is 12.6. The van der Waals surface area contributed by atoms with E-state index in [4.69, 9.17) is 4.74 Å². The number of rotatable bonds is 4. The summed E-state index contributed by atoms with van der Waals surface area (Å²) in [5.41, 5.74) is 1.38. The van der Waals surface area contributed by atoms with Crippen molar-refractivity contribution < 1.29 is 23.1 Å². The zero-order chi connectivity index (χ0) is 16.3. The van der Waals surface area contributed by atoms with E-state index in [0.717, 1.165) is 10.5 Å². The molecule has 1 atom stereocenters. The Morgan fingerprint density at radius 1 is 1.41 bits per heavy atom. The molecule has 1 aromatic rings. The molecule has 22 heavy (non-hydrogen) atoms. The van der Waals surface area contributed by atoms with Crippen LogP contribution in [-0.4, -0.2) is 42.8 Å². The highest BCUT2D eigenvalue weighted by atomic mass is 19.3. The number of nitrogens with zero attached hydrogens (tertiary/aromatic N) is 1. The van der Waals surface area contributed by atoms with E-state index < -0.39 is 24.3 Å². The van der Waals surface area contributed by atoms with Crippen molar-refractivity contribution in [2.24, 2.45) is 0 Å². The van der Waals surface area contributed by atoms with Crippen molar-refractivity contribution in [3.05, 3.63) is 23.8 Å². The first kappa shape index (κ1) is 16.2. The van der Waals surface area contributed by atoms with Crippen LogP contribution in [0.2, 0.25) is 0 Å². The number of ether oxygens (including phenoxy) is 1. The second-order valence-corrected chi connectivity index (χ2v) is 5.18. The largest absolute Gasteiger partial charge is 0.495 e. The van der Waals surface area contributed by atoms with Crippen LogP contribution in [0.25, 0.3) is 0 Å². The predicted molar refractivity (Wildman–Crippen MR) is 77.1 cm³/mol. The average molecular weight is 312 g/mol. The van der Waals surface area contributed by atoms with Crippen molar-refractivity contribution in [3.63, 3.8) is 0 Å². The van der Waals surface area contributed by atoms with E-state index in [1.54, 1.807) is 12.1 Å². The molecule has 5 nitrogen and oxygen atoms in total. The lowest BCUT2D eigenvalue weighted by Crippen LogP contribution is -2.45. The third kappa shape index (κ3) is 3.35. The summed E-state index contributed by atoms with van der Waals surface area (Å²) < 4.78 is 30.3. The zero-order valence-electron chi connectivity index (χ0n) is 12.4. The summed E-state index contributed by atoms with van der Waals surface area (Å²) in [4.78, 5) is 24.7. The molecule has 1 aliphatic heterocycles. The number of amides is 2. The molecule has 0 bridgehead atoms. The summed E-state index contributed by atoms with van der Waals surface area (Å²) in [6.07, 6.45) is -2.19. The Bertz CT molecular complexity index is 578. The van der Waals surface area contributed by atoms with E-state index in [1.807, 2.05) is 13.0 Å². The van der Waals surface area contributed by atoms with Gasteiger partial charge in [0.15, 0.2) is 0 Å².